The SMILES string of the molecule is [I-].c1ccc([PH+](Cc2ccc3nc[nH]c3c2)c2ccccc2)cc1. The second-order valence-electron chi connectivity index (χ2n) is 5.64. The Morgan fingerprint density at radius 1 is 0.792 bits per heavy atom. The normalized spacial score (nSPS) is 10.7. The number of rotatable bonds is 4. The largest absolute Gasteiger partial charge is 1.00 e. The van der Waals surface area contributed by atoms with E-state index in [9.17, 15) is 0 Å². The maximum atomic E-state index is 4.31. The summed E-state index contributed by atoms with van der Waals surface area (Å²) in [7, 11) is -0.837. The van der Waals surface area contributed by atoms with Crippen molar-refractivity contribution in [1.29, 1.82) is 0 Å². The van der Waals surface area contributed by atoms with E-state index in [1.165, 1.54) is 16.2 Å². The second-order valence-corrected chi connectivity index (χ2v) is 8.11. The van der Waals surface area contributed by atoms with Crippen molar-refractivity contribution in [2.45, 2.75) is 6.16 Å². The fraction of sp³-hybridized carbons (Fsp3) is 0.0500. The summed E-state index contributed by atoms with van der Waals surface area (Å²) in [5.74, 6) is 0. The van der Waals surface area contributed by atoms with Gasteiger partial charge in [-0.2, -0.15) is 0 Å². The van der Waals surface area contributed by atoms with Crippen LogP contribution in [0.3, 0.4) is 0 Å². The van der Waals surface area contributed by atoms with Gasteiger partial charge in [0.1, 0.15) is 0 Å². The highest BCUT2D eigenvalue weighted by molar-refractivity contribution is 7.72. The maximum absolute atomic E-state index is 4.31. The third-order valence-electron chi connectivity index (χ3n) is 4.11. The van der Waals surface area contributed by atoms with Crippen LogP contribution in [0.15, 0.2) is 85.2 Å². The molecule has 24 heavy (non-hydrogen) atoms. The maximum Gasteiger partial charge on any atom is 0.0970 e. The first-order chi connectivity index (χ1) is 11.4. The zero-order chi connectivity index (χ0) is 15.5. The third-order valence-corrected chi connectivity index (χ3v) is 6.93. The number of halogens is 1. The number of imidazole rings is 1. The van der Waals surface area contributed by atoms with E-state index in [0.717, 1.165) is 17.2 Å². The van der Waals surface area contributed by atoms with Gasteiger partial charge in [0.2, 0.25) is 0 Å². The van der Waals surface area contributed by atoms with Crippen LogP contribution in [-0.2, 0) is 6.16 Å². The minimum Gasteiger partial charge on any atom is -1.00 e. The summed E-state index contributed by atoms with van der Waals surface area (Å²) in [6, 6.07) is 28.3. The molecule has 0 spiro atoms. The average molecular weight is 444 g/mol. The molecule has 0 aliphatic heterocycles. The Labute approximate surface area is 160 Å². The lowest BCUT2D eigenvalue weighted by Gasteiger charge is -2.11. The van der Waals surface area contributed by atoms with Crippen LogP contribution in [0.25, 0.3) is 11.0 Å². The van der Waals surface area contributed by atoms with Gasteiger partial charge in [-0.3, -0.25) is 0 Å². The van der Waals surface area contributed by atoms with Crippen molar-refractivity contribution in [1.82, 2.24) is 9.97 Å². The lowest BCUT2D eigenvalue weighted by Crippen LogP contribution is -3.00. The van der Waals surface area contributed by atoms with Crippen LogP contribution in [0.2, 0.25) is 0 Å². The molecule has 0 aliphatic carbocycles. The fourth-order valence-corrected chi connectivity index (χ4v) is 5.51. The quantitative estimate of drug-likeness (QED) is 0.369. The fourth-order valence-electron chi connectivity index (χ4n) is 2.95. The Morgan fingerprint density at radius 3 is 2.04 bits per heavy atom. The molecule has 4 heteroatoms. The molecule has 0 unspecified atom stereocenters. The number of benzene rings is 3. The van der Waals surface area contributed by atoms with Crippen molar-refractivity contribution < 1.29 is 24.0 Å². The van der Waals surface area contributed by atoms with Crippen LogP contribution in [0, 0.1) is 0 Å². The summed E-state index contributed by atoms with van der Waals surface area (Å²) < 4.78 is 0. The van der Waals surface area contributed by atoms with E-state index < -0.39 is 7.92 Å². The first kappa shape index (κ1) is 17.1. The molecule has 1 N–H and O–H groups in total. The number of aromatic nitrogens is 2. The molecule has 4 rings (SSSR count). The van der Waals surface area contributed by atoms with Crippen molar-refractivity contribution >= 4 is 29.6 Å². The minimum absolute atomic E-state index is 0. The van der Waals surface area contributed by atoms with Gasteiger partial charge in [-0.05, 0) is 42.0 Å². The molecular formula is C20H18IN2P. The molecule has 0 atom stereocenters. The number of nitrogens with one attached hydrogen (secondary N) is 1. The molecule has 4 aromatic rings. The predicted molar refractivity (Wildman–Crippen MR) is 100 cm³/mol. The first-order valence-corrected chi connectivity index (χ1v) is 9.49. The highest BCUT2D eigenvalue weighted by Gasteiger charge is 2.22. The van der Waals surface area contributed by atoms with E-state index in [-0.39, 0.29) is 24.0 Å². The van der Waals surface area contributed by atoms with Crippen LogP contribution in [0.4, 0.5) is 0 Å². The Kier molecular flexibility index (Phi) is 5.64. The van der Waals surface area contributed by atoms with E-state index in [2.05, 4.69) is 88.8 Å². The molecule has 2 nitrogen and oxygen atoms in total. The van der Waals surface area contributed by atoms with E-state index in [1.54, 1.807) is 6.33 Å². The topological polar surface area (TPSA) is 28.7 Å². The monoisotopic (exact) mass is 444 g/mol. The van der Waals surface area contributed by atoms with E-state index in [4.69, 9.17) is 0 Å². The van der Waals surface area contributed by atoms with Gasteiger partial charge in [0.15, 0.2) is 0 Å². The van der Waals surface area contributed by atoms with Gasteiger partial charge >= 0.3 is 0 Å². The van der Waals surface area contributed by atoms with Gasteiger partial charge in [-0.15, -0.1) is 0 Å². The second kappa shape index (κ2) is 7.91. The lowest BCUT2D eigenvalue weighted by molar-refractivity contribution is -0.00000457. The summed E-state index contributed by atoms with van der Waals surface area (Å²) in [6.07, 6.45) is 2.84. The zero-order valence-electron chi connectivity index (χ0n) is 13.1. The van der Waals surface area contributed by atoms with Gasteiger partial charge in [0.25, 0.3) is 0 Å². The van der Waals surface area contributed by atoms with Gasteiger partial charge < -0.3 is 29.0 Å². The Balaban J connectivity index is 0.00000169. The van der Waals surface area contributed by atoms with E-state index in [0.29, 0.717) is 0 Å². The van der Waals surface area contributed by atoms with Crippen LogP contribution in [-0.4, -0.2) is 9.97 Å². The lowest BCUT2D eigenvalue weighted by atomic mass is 10.2. The van der Waals surface area contributed by atoms with Crippen LogP contribution in [0.1, 0.15) is 5.56 Å². The highest BCUT2D eigenvalue weighted by Crippen LogP contribution is 2.38. The summed E-state index contributed by atoms with van der Waals surface area (Å²) in [4.78, 5) is 7.52. The molecule has 0 aliphatic rings. The molecule has 0 saturated carbocycles. The predicted octanol–water partition coefficient (Wildman–Crippen LogP) is 0.932. The van der Waals surface area contributed by atoms with Crippen LogP contribution in [0.5, 0.6) is 0 Å². The molecule has 3 aromatic carbocycles. The molecule has 0 saturated heterocycles. The van der Waals surface area contributed by atoms with Crippen molar-refractivity contribution in [3.05, 3.63) is 90.8 Å². The highest BCUT2D eigenvalue weighted by atomic mass is 127. The van der Waals surface area contributed by atoms with Gasteiger partial charge in [0, 0.05) is 0 Å². The number of fused-ring (bicyclic) bond motifs is 1. The van der Waals surface area contributed by atoms with E-state index in [1.807, 2.05) is 0 Å². The minimum atomic E-state index is -0.837. The molecule has 1 heterocycles. The number of hydrogen-bond donors (Lipinski definition) is 1. The smallest absolute Gasteiger partial charge is 0.0970 e. The third kappa shape index (κ3) is 3.68. The summed E-state index contributed by atoms with van der Waals surface area (Å²) >= 11 is 0. The molecule has 120 valence electrons. The summed E-state index contributed by atoms with van der Waals surface area (Å²) in [5.41, 5.74) is 3.51. The number of aromatic amines is 1. The molecule has 0 radical (unpaired) electrons. The molecule has 0 bridgehead atoms. The number of nitrogens with zero attached hydrogens (tertiary/aromatic N) is 1. The average Bonchev–Trinajstić information content (AvgIpc) is 3.09. The standard InChI is InChI=1S/C20H17N2P.HI/c1-3-7-17(8-4-1)23(18-9-5-2-6-10-18)14-16-11-12-19-20(13-16)22-15-21-19;/h1-13,15H,14H2,(H,21,22);1H. The van der Waals surface area contributed by atoms with Crippen LogP contribution < -0.4 is 34.6 Å². The summed E-state index contributed by atoms with van der Waals surface area (Å²) in [6.45, 7) is 0. The Morgan fingerprint density at radius 2 is 1.42 bits per heavy atom. The Bertz CT molecular complexity index is 867. The van der Waals surface area contributed by atoms with Crippen molar-refractivity contribution in [2.75, 3.05) is 0 Å². The molecule has 0 fully saturated rings. The Hall–Kier alpha value is -1.71. The van der Waals surface area contributed by atoms with Gasteiger partial charge in [0.05, 0.1) is 42.1 Å². The molecule has 0 amide bonds. The van der Waals surface area contributed by atoms with Crippen molar-refractivity contribution in [3.63, 3.8) is 0 Å². The van der Waals surface area contributed by atoms with E-state index >= 15 is 0 Å². The van der Waals surface area contributed by atoms with Gasteiger partial charge in [-0.1, -0.05) is 42.5 Å². The molecular weight excluding hydrogens is 426 g/mol. The van der Waals surface area contributed by atoms with Gasteiger partial charge in [-0.25, -0.2) is 4.98 Å². The van der Waals surface area contributed by atoms with Crippen molar-refractivity contribution in [3.8, 4) is 0 Å². The first-order valence-electron chi connectivity index (χ1n) is 7.79. The summed E-state index contributed by atoms with van der Waals surface area (Å²) in [5, 5.41) is 2.90. The molecule has 1 aromatic heterocycles. The van der Waals surface area contributed by atoms with Crippen LogP contribution >= 0.6 is 7.92 Å². The number of H-pyrrole nitrogens is 1. The number of hydrogen-bond acceptors (Lipinski definition) is 1. The zero-order valence-corrected chi connectivity index (χ0v) is 16.3. The van der Waals surface area contributed by atoms with Crippen molar-refractivity contribution in [2.24, 2.45) is 0 Å².